The first-order chi connectivity index (χ1) is 8.11. The molecule has 1 rings (SSSR count). The highest BCUT2D eigenvalue weighted by Gasteiger charge is 2.03. The lowest BCUT2D eigenvalue weighted by Crippen LogP contribution is -2.39. The van der Waals surface area contributed by atoms with Crippen molar-refractivity contribution < 1.29 is 9.59 Å². The number of hydrogen-bond acceptors (Lipinski definition) is 3. The van der Waals surface area contributed by atoms with E-state index in [0.717, 1.165) is 5.56 Å². The van der Waals surface area contributed by atoms with E-state index in [1.54, 1.807) is 18.2 Å². The van der Waals surface area contributed by atoms with Crippen LogP contribution >= 0.6 is 11.6 Å². The molecule has 17 heavy (non-hydrogen) atoms. The molecule has 6 heteroatoms. The average Bonchev–Trinajstić information content (AvgIpc) is 2.33. The van der Waals surface area contributed by atoms with E-state index in [4.69, 9.17) is 17.3 Å². The zero-order valence-corrected chi connectivity index (χ0v) is 9.96. The maximum Gasteiger partial charge on any atom is 0.239 e. The zero-order valence-electron chi connectivity index (χ0n) is 9.20. The summed E-state index contributed by atoms with van der Waals surface area (Å²) >= 11 is 5.80. The molecule has 0 heterocycles. The number of carbonyl (C=O) groups excluding carboxylic acids is 2. The van der Waals surface area contributed by atoms with Gasteiger partial charge in [0, 0.05) is 11.6 Å². The number of benzene rings is 1. The molecule has 0 bridgehead atoms. The van der Waals surface area contributed by atoms with Crippen molar-refractivity contribution in [2.24, 2.45) is 5.73 Å². The predicted molar refractivity (Wildman–Crippen MR) is 65.4 cm³/mol. The number of halogens is 1. The van der Waals surface area contributed by atoms with E-state index in [1.165, 1.54) is 0 Å². The molecule has 1 aromatic carbocycles. The molecule has 0 atom stereocenters. The van der Waals surface area contributed by atoms with Crippen molar-refractivity contribution in [1.29, 1.82) is 0 Å². The van der Waals surface area contributed by atoms with Crippen LogP contribution < -0.4 is 16.4 Å². The molecular formula is C11H14ClN3O2. The van der Waals surface area contributed by atoms with Gasteiger partial charge in [0.2, 0.25) is 11.8 Å². The highest BCUT2D eigenvalue weighted by atomic mass is 35.5. The SMILES string of the molecule is NCC(=O)NCC(=O)NCc1cccc(Cl)c1. The monoisotopic (exact) mass is 255 g/mol. The van der Waals surface area contributed by atoms with E-state index < -0.39 is 0 Å². The molecule has 0 unspecified atom stereocenters. The van der Waals surface area contributed by atoms with Gasteiger partial charge in [0.1, 0.15) is 0 Å². The summed E-state index contributed by atoms with van der Waals surface area (Å²) in [4.78, 5) is 22.1. The summed E-state index contributed by atoms with van der Waals surface area (Å²) in [5, 5.41) is 5.65. The molecule has 0 saturated carbocycles. The van der Waals surface area contributed by atoms with Gasteiger partial charge in [0.05, 0.1) is 13.1 Å². The van der Waals surface area contributed by atoms with Gasteiger partial charge in [-0.2, -0.15) is 0 Å². The van der Waals surface area contributed by atoms with Crippen LogP contribution in [0.2, 0.25) is 5.02 Å². The molecule has 0 saturated heterocycles. The molecular weight excluding hydrogens is 242 g/mol. The van der Waals surface area contributed by atoms with Gasteiger partial charge in [0.15, 0.2) is 0 Å². The van der Waals surface area contributed by atoms with Gasteiger partial charge in [-0.1, -0.05) is 23.7 Å². The maximum absolute atomic E-state index is 11.3. The Labute approximate surface area is 104 Å². The van der Waals surface area contributed by atoms with Gasteiger partial charge in [-0.15, -0.1) is 0 Å². The fourth-order valence-corrected chi connectivity index (χ4v) is 1.37. The molecule has 4 N–H and O–H groups in total. The first-order valence-corrected chi connectivity index (χ1v) is 5.47. The molecule has 1 aromatic rings. The van der Waals surface area contributed by atoms with Crippen molar-refractivity contribution in [1.82, 2.24) is 10.6 Å². The minimum Gasteiger partial charge on any atom is -0.350 e. The maximum atomic E-state index is 11.3. The molecule has 0 aliphatic rings. The Morgan fingerprint density at radius 2 is 2.00 bits per heavy atom. The highest BCUT2D eigenvalue weighted by molar-refractivity contribution is 6.30. The zero-order chi connectivity index (χ0) is 12.7. The second kappa shape index (κ2) is 6.88. The number of rotatable bonds is 5. The van der Waals surface area contributed by atoms with Crippen LogP contribution in [0.5, 0.6) is 0 Å². The molecule has 0 aliphatic heterocycles. The number of nitrogens with one attached hydrogen (secondary N) is 2. The number of amides is 2. The van der Waals surface area contributed by atoms with Gasteiger partial charge in [0.25, 0.3) is 0 Å². The van der Waals surface area contributed by atoms with Gasteiger partial charge in [-0.05, 0) is 17.7 Å². The average molecular weight is 256 g/mol. The third-order valence-electron chi connectivity index (χ3n) is 2.01. The number of hydrogen-bond donors (Lipinski definition) is 3. The predicted octanol–water partition coefficient (Wildman–Crippen LogP) is 0.0311. The highest BCUT2D eigenvalue weighted by Crippen LogP contribution is 2.09. The third-order valence-corrected chi connectivity index (χ3v) is 2.25. The number of carbonyl (C=O) groups is 2. The Balaban J connectivity index is 2.31. The van der Waals surface area contributed by atoms with E-state index in [2.05, 4.69) is 10.6 Å². The lowest BCUT2D eigenvalue weighted by molar-refractivity contribution is -0.125. The smallest absolute Gasteiger partial charge is 0.239 e. The Kier molecular flexibility index (Phi) is 5.45. The van der Waals surface area contributed by atoms with E-state index >= 15 is 0 Å². The van der Waals surface area contributed by atoms with Crippen molar-refractivity contribution in [2.45, 2.75) is 6.54 Å². The van der Waals surface area contributed by atoms with E-state index in [9.17, 15) is 9.59 Å². The second-order valence-electron chi connectivity index (χ2n) is 3.39. The van der Waals surface area contributed by atoms with E-state index in [-0.39, 0.29) is 24.9 Å². The summed E-state index contributed by atoms with van der Waals surface area (Å²) in [6.07, 6.45) is 0. The largest absolute Gasteiger partial charge is 0.350 e. The Morgan fingerprint density at radius 3 is 2.65 bits per heavy atom. The summed E-state index contributed by atoms with van der Waals surface area (Å²) in [5.74, 6) is -0.630. The van der Waals surface area contributed by atoms with Gasteiger partial charge >= 0.3 is 0 Å². The third kappa shape index (κ3) is 5.33. The molecule has 92 valence electrons. The normalized spacial score (nSPS) is 9.76. The van der Waals surface area contributed by atoms with Crippen LogP contribution in [0.25, 0.3) is 0 Å². The molecule has 0 radical (unpaired) electrons. The van der Waals surface area contributed by atoms with Crippen molar-refractivity contribution in [3.05, 3.63) is 34.9 Å². The van der Waals surface area contributed by atoms with Crippen molar-refractivity contribution >= 4 is 23.4 Å². The van der Waals surface area contributed by atoms with Crippen molar-refractivity contribution in [2.75, 3.05) is 13.1 Å². The van der Waals surface area contributed by atoms with Crippen LogP contribution in [0, 0.1) is 0 Å². The standard InChI is InChI=1S/C11H14ClN3O2/c12-9-3-1-2-8(4-9)6-14-11(17)7-15-10(16)5-13/h1-4H,5-7,13H2,(H,14,17)(H,15,16). The fourth-order valence-electron chi connectivity index (χ4n) is 1.16. The van der Waals surface area contributed by atoms with Crippen LogP contribution in [0.15, 0.2) is 24.3 Å². The minimum atomic E-state index is -0.358. The van der Waals surface area contributed by atoms with Crippen molar-refractivity contribution in [3.8, 4) is 0 Å². The summed E-state index contributed by atoms with van der Waals surface area (Å²) in [5.41, 5.74) is 5.98. The van der Waals surface area contributed by atoms with Crippen LogP contribution in [-0.2, 0) is 16.1 Å². The lowest BCUT2D eigenvalue weighted by atomic mass is 10.2. The van der Waals surface area contributed by atoms with Gasteiger partial charge in [-0.3, -0.25) is 9.59 Å². The van der Waals surface area contributed by atoms with E-state index in [1.807, 2.05) is 6.07 Å². The number of nitrogens with two attached hydrogens (primary N) is 1. The lowest BCUT2D eigenvalue weighted by Gasteiger charge is -2.06. The van der Waals surface area contributed by atoms with Gasteiger partial charge in [-0.25, -0.2) is 0 Å². The fraction of sp³-hybridized carbons (Fsp3) is 0.273. The van der Waals surface area contributed by atoms with Crippen LogP contribution in [0.4, 0.5) is 0 Å². The Hall–Kier alpha value is -1.59. The summed E-state index contributed by atoms with van der Waals surface area (Å²) in [7, 11) is 0. The molecule has 2 amide bonds. The Bertz CT molecular complexity index is 409. The summed E-state index contributed by atoms with van der Waals surface area (Å²) in [6.45, 7) is 0.177. The van der Waals surface area contributed by atoms with Crippen LogP contribution in [-0.4, -0.2) is 24.9 Å². The van der Waals surface area contributed by atoms with Crippen LogP contribution in [0.3, 0.4) is 0 Å². The first kappa shape index (κ1) is 13.5. The quantitative estimate of drug-likeness (QED) is 0.694. The second-order valence-corrected chi connectivity index (χ2v) is 3.82. The molecule has 0 aliphatic carbocycles. The van der Waals surface area contributed by atoms with Crippen molar-refractivity contribution in [3.63, 3.8) is 0 Å². The molecule has 0 aromatic heterocycles. The molecule has 0 fully saturated rings. The minimum absolute atomic E-state index is 0.0728. The Morgan fingerprint density at radius 1 is 1.24 bits per heavy atom. The molecule has 5 nitrogen and oxygen atoms in total. The summed E-state index contributed by atoms with van der Waals surface area (Å²) in [6, 6.07) is 7.18. The first-order valence-electron chi connectivity index (χ1n) is 5.09. The van der Waals surface area contributed by atoms with E-state index in [0.29, 0.717) is 11.6 Å². The molecule has 0 spiro atoms. The topological polar surface area (TPSA) is 84.2 Å². The van der Waals surface area contributed by atoms with Gasteiger partial charge < -0.3 is 16.4 Å². The van der Waals surface area contributed by atoms with Crippen LogP contribution in [0.1, 0.15) is 5.56 Å². The summed E-state index contributed by atoms with van der Waals surface area (Å²) < 4.78 is 0.